The summed E-state index contributed by atoms with van der Waals surface area (Å²) in [5.74, 6) is 0.372. The summed E-state index contributed by atoms with van der Waals surface area (Å²) in [6, 6.07) is 18.2. The van der Waals surface area contributed by atoms with Gasteiger partial charge in [-0.05, 0) is 67.4 Å². The maximum Gasteiger partial charge on any atom is 0.261 e. The quantitative estimate of drug-likeness (QED) is 0.484. The van der Waals surface area contributed by atoms with Gasteiger partial charge in [-0.1, -0.05) is 35.9 Å². The number of anilines is 1. The topological polar surface area (TPSA) is 84.5 Å². The maximum atomic E-state index is 12.4. The number of rotatable bonds is 8. The van der Waals surface area contributed by atoms with E-state index in [-0.39, 0.29) is 27.1 Å². The average molecular weight is 459 g/mol. The molecule has 2 N–H and O–H groups in total. The molecule has 0 saturated carbocycles. The molecule has 3 aromatic rings. The number of sulfonamides is 1. The number of hydrogen-bond donors (Lipinski definition) is 2. The summed E-state index contributed by atoms with van der Waals surface area (Å²) >= 11 is 6.21. The van der Waals surface area contributed by atoms with Crippen molar-refractivity contribution in [2.45, 2.75) is 18.7 Å². The Morgan fingerprint density at radius 3 is 2.39 bits per heavy atom. The summed E-state index contributed by atoms with van der Waals surface area (Å²) in [6.07, 6.45) is 0. The summed E-state index contributed by atoms with van der Waals surface area (Å²) in [5.41, 5.74) is 2.83. The van der Waals surface area contributed by atoms with E-state index in [1.165, 1.54) is 35.9 Å². The van der Waals surface area contributed by atoms with Crippen molar-refractivity contribution in [3.8, 4) is 5.75 Å². The second kappa shape index (κ2) is 9.85. The van der Waals surface area contributed by atoms with Crippen LogP contribution in [0, 0.1) is 13.8 Å². The van der Waals surface area contributed by atoms with Gasteiger partial charge in [-0.3, -0.25) is 9.52 Å². The fraction of sp³-hybridized carbons (Fsp3) is 0.174. The van der Waals surface area contributed by atoms with Crippen LogP contribution in [0.1, 0.15) is 21.5 Å². The molecule has 31 heavy (non-hydrogen) atoms. The largest absolute Gasteiger partial charge is 0.492 e. The molecule has 162 valence electrons. The molecule has 0 aliphatic carbocycles. The van der Waals surface area contributed by atoms with Crippen LogP contribution in [0.5, 0.6) is 5.75 Å². The Hall–Kier alpha value is -3.03. The van der Waals surface area contributed by atoms with E-state index in [0.717, 1.165) is 11.3 Å². The van der Waals surface area contributed by atoms with Crippen LogP contribution in [0.3, 0.4) is 0 Å². The lowest BCUT2D eigenvalue weighted by Gasteiger charge is -2.12. The molecule has 3 rings (SSSR count). The third kappa shape index (κ3) is 5.99. The molecule has 0 saturated heterocycles. The highest BCUT2D eigenvalue weighted by molar-refractivity contribution is 7.92. The van der Waals surface area contributed by atoms with Crippen LogP contribution in [-0.4, -0.2) is 27.5 Å². The first kappa shape index (κ1) is 22.7. The van der Waals surface area contributed by atoms with Crippen molar-refractivity contribution >= 4 is 33.2 Å². The summed E-state index contributed by atoms with van der Waals surface area (Å²) in [7, 11) is -3.74. The van der Waals surface area contributed by atoms with Crippen molar-refractivity contribution in [3.63, 3.8) is 0 Å². The molecular weight excluding hydrogens is 436 g/mol. The Kier molecular flexibility index (Phi) is 7.20. The lowest BCUT2D eigenvalue weighted by Crippen LogP contribution is -2.28. The molecule has 0 aliphatic rings. The molecule has 0 heterocycles. The van der Waals surface area contributed by atoms with Gasteiger partial charge in [-0.25, -0.2) is 8.42 Å². The molecule has 1 amide bonds. The molecule has 0 spiro atoms. The van der Waals surface area contributed by atoms with Crippen LogP contribution in [-0.2, 0) is 10.0 Å². The third-order valence-corrected chi connectivity index (χ3v) is 6.36. The number of carbonyl (C=O) groups excluding carboxylic acids is 1. The maximum absolute atomic E-state index is 12.4. The predicted molar refractivity (Wildman–Crippen MR) is 122 cm³/mol. The van der Waals surface area contributed by atoms with Crippen molar-refractivity contribution in [2.75, 3.05) is 17.9 Å². The number of carbonyl (C=O) groups is 1. The van der Waals surface area contributed by atoms with E-state index in [1.807, 2.05) is 32.0 Å². The molecule has 0 atom stereocenters. The predicted octanol–water partition coefficient (Wildman–Crippen LogP) is 4.57. The van der Waals surface area contributed by atoms with E-state index in [0.29, 0.717) is 13.2 Å². The van der Waals surface area contributed by atoms with E-state index in [9.17, 15) is 13.2 Å². The van der Waals surface area contributed by atoms with Gasteiger partial charge in [0.25, 0.3) is 15.9 Å². The number of benzene rings is 3. The van der Waals surface area contributed by atoms with Crippen LogP contribution in [0.25, 0.3) is 0 Å². The van der Waals surface area contributed by atoms with E-state index < -0.39 is 10.0 Å². The molecule has 8 heteroatoms. The van der Waals surface area contributed by atoms with Gasteiger partial charge in [-0.2, -0.15) is 0 Å². The van der Waals surface area contributed by atoms with E-state index in [1.54, 1.807) is 18.2 Å². The molecule has 6 nitrogen and oxygen atoms in total. The zero-order valence-corrected chi connectivity index (χ0v) is 18.8. The standard InChI is InChI=1S/C23H23ClN2O4S/c1-16-8-10-19(14-17(16)2)30-13-12-25-23(27)21-11-9-18(15-22(21)24)26-31(28,29)20-6-4-3-5-7-20/h3-11,14-15,26H,12-13H2,1-2H3,(H,25,27). The average Bonchev–Trinajstić information content (AvgIpc) is 2.74. The minimum atomic E-state index is -3.74. The molecule has 0 bridgehead atoms. The fourth-order valence-electron chi connectivity index (χ4n) is 2.81. The molecule has 0 fully saturated rings. The van der Waals surface area contributed by atoms with Gasteiger partial charge in [-0.15, -0.1) is 0 Å². The molecule has 0 unspecified atom stereocenters. The SMILES string of the molecule is Cc1ccc(OCCNC(=O)c2ccc(NS(=O)(=O)c3ccccc3)cc2Cl)cc1C. The first-order valence-corrected chi connectivity index (χ1v) is 11.5. The van der Waals surface area contributed by atoms with Gasteiger partial charge in [0.1, 0.15) is 12.4 Å². The Balaban J connectivity index is 1.56. The minimum absolute atomic E-state index is 0.136. The lowest BCUT2D eigenvalue weighted by molar-refractivity contribution is 0.0947. The Bertz CT molecular complexity index is 1180. The van der Waals surface area contributed by atoms with Crippen molar-refractivity contribution in [1.82, 2.24) is 5.32 Å². The van der Waals surface area contributed by atoms with Gasteiger partial charge < -0.3 is 10.1 Å². The monoisotopic (exact) mass is 458 g/mol. The fourth-order valence-corrected chi connectivity index (χ4v) is 4.15. The van der Waals surface area contributed by atoms with Crippen molar-refractivity contribution in [2.24, 2.45) is 0 Å². The van der Waals surface area contributed by atoms with Crippen molar-refractivity contribution in [1.29, 1.82) is 0 Å². The normalized spacial score (nSPS) is 11.1. The zero-order valence-electron chi connectivity index (χ0n) is 17.2. The summed E-state index contributed by atoms with van der Waals surface area (Å²) in [4.78, 5) is 12.5. The van der Waals surface area contributed by atoms with Gasteiger partial charge in [0.05, 0.1) is 27.7 Å². The van der Waals surface area contributed by atoms with Gasteiger partial charge in [0, 0.05) is 0 Å². The van der Waals surface area contributed by atoms with Crippen LogP contribution in [0.15, 0.2) is 71.6 Å². The molecule has 3 aromatic carbocycles. The first-order valence-electron chi connectivity index (χ1n) is 9.62. The summed E-state index contributed by atoms with van der Waals surface area (Å²) in [6.45, 7) is 4.64. The smallest absolute Gasteiger partial charge is 0.261 e. The van der Waals surface area contributed by atoms with Gasteiger partial charge >= 0.3 is 0 Å². The minimum Gasteiger partial charge on any atom is -0.492 e. The molecule has 0 aliphatic heterocycles. The highest BCUT2D eigenvalue weighted by Gasteiger charge is 2.16. The van der Waals surface area contributed by atoms with E-state index in [4.69, 9.17) is 16.3 Å². The molecular formula is C23H23ClN2O4S. The van der Waals surface area contributed by atoms with Crippen molar-refractivity contribution in [3.05, 3.63) is 88.4 Å². The number of aryl methyl sites for hydroxylation is 2. The Morgan fingerprint density at radius 2 is 1.71 bits per heavy atom. The van der Waals surface area contributed by atoms with Crippen molar-refractivity contribution < 1.29 is 17.9 Å². The Labute approximate surface area is 187 Å². The number of amides is 1. The van der Waals surface area contributed by atoms with Crippen LogP contribution in [0.4, 0.5) is 5.69 Å². The Morgan fingerprint density at radius 1 is 0.968 bits per heavy atom. The van der Waals surface area contributed by atoms with Gasteiger partial charge in [0.2, 0.25) is 0 Å². The van der Waals surface area contributed by atoms with E-state index in [2.05, 4.69) is 10.0 Å². The number of nitrogens with one attached hydrogen (secondary N) is 2. The van der Waals surface area contributed by atoms with Crippen LogP contribution in [0.2, 0.25) is 5.02 Å². The number of ether oxygens (including phenoxy) is 1. The lowest BCUT2D eigenvalue weighted by atomic mass is 10.1. The number of halogens is 1. The number of hydrogen-bond acceptors (Lipinski definition) is 4. The zero-order chi connectivity index (χ0) is 22.4. The summed E-state index contributed by atoms with van der Waals surface area (Å²) < 4.78 is 32.9. The first-order chi connectivity index (χ1) is 14.8. The third-order valence-electron chi connectivity index (χ3n) is 4.65. The van der Waals surface area contributed by atoms with Gasteiger partial charge in [0.15, 0.2) is 0 Å². The second-order valence-electron chi connectivity index (χ2n) is 6.96. The summed E-state index contributed by atoms with van der Waals surface area (Å²) in [5, 5.41) is 2.88. The van der Waals surface area contributed by atoms with Crippen LogP contribution < -0.4 is 14.8 Å². The molecule has 0 aromatic heterocycles. The second-order valence-corrected chi connectivity index (χ2v) is 9.05. The van der Waals surface area contributed by atoms with E-state index >= 15 is 0 Å². The van der Waals surface area contributed by atoms with Crippen LogP contribution >= 0.6 is 11.6 Å². The highest BCUT2D eigenvalue weighted by Crippen LogP contribution is 2.23. The molecule has 0 radical (unpaired) electrons. The highest BCUT2D eigenvalue weighted by atomic mass is 35.5.